The van der Waals surface area contributed by atoms with Gasteiger partial charge >= 0.3 is 23.9 Å². The highest BCUT2D eigenvalue weighted by atomic mass is 16.6. The summed E-state index contributed by atoms with van der Waals surface area (Å²) in [5, 5.41) is 0. The van der Waals surface area contributed by atoms with Crippen LogP contribution in [0.4, 0.5) is 0 Å². The summed E-state index contributed by atoms with van der Waals surface area (Å²) >= 11 is 0. The van der Waals surface area contributed by atoms with Crippen LogP contribution in [0, 0.1) is 0 Å². The van der Waals surface area contributed by atoms with E-state index >= 15 is 0 Å². The first-order valence-electron chi connectivity index (χ1n) is 12.0. The Bertz CT molecular complexity index is 1570. The second kappa shape index (κ2) is 9.72. The van der Waals surface area contributed by atoms with Gasteiger partial charge in [-0.25, -0.2) is 19.2 Å². The molecule has 2 aliphatic rings. The summed E-state index contributed by atoms with van der Waals surface area (Å²) < 4.78 is 15.7. The minimum atomic E-state index is -0.698. The van der Waals surface area contributed by atoms with Gasteiger partial charge < -0.3 is 14.2 Å². The molecule has 4 aromatic rings. The minimum Gasteiger partial charge on any atom is -0.457 e. The van der Waals surface area contributed by atoms with Gasteiger partial charge in [-0.2, -0.15) is 0 Å². The number of hydrogen-bond donors (Lipinski definition) is 0. The van der Waals surface area contributed by atoms with Crippen molar-refractivity contribution in [3.8, 4) is 11.5 Å². The minimum absolute atomic E-state index is 0.197. The second-order valence-electron chi connectivity index (χ2n) is 8.74. The fourth-order valence-corrected chi connectivity index (χ4v) is 4.55. The molecule has 188 valence electrons. The lowest BCUT2D eigenvalue weighted by Crippen LogP contribution is -2.02. The van der Waals surface area contributed by atoms with E-state index in [0.717, 1.165) is 0 Å². The molecule has 0 bridgehead atoms. The monoisotopic (exact) mass is 514 g/mol. The SMILES string of the molecule is O=C1OC(=O)C(c2ccc(Oc3ccc(C4=C(c5ccccc5)C(=O)OC4=O)cc3)cc2)=C1c1ccccc1. The zero-order valence-electron chi connectivity index (χ0n) is 20.3. The molecule has 0 N–H and O–H groups in total. The number of cyclic esters (lactones) is 4. The summed E-state index contributed by atoms with van der Waals surface area (Å²) in [5.41, 5.74) is 3.08. The van der Waals surface area contributed by atoms with Gasteiger partial charge in [0.2, 0.25) is 0 Å². The maximum Gasteiger partial charge on any atom is 0.347 e. The fourth-order valence-electron chi connectivity index (χ4n) is 4.55. The number of esters is 4. The summed E-state index contributed by atoms with van der Waals surface area (Å²) in [6.07, 6.45) is 0. The maximum atomic E-state index is 12.5. The summed E-state index contributed by atoms with van der Waals surface area (Å²) in [7, 11) is 0. The van der Waals surface area contributed by atoms with E-state index in [-0.39, 0.29) is 22.3 Å². The molecule has 0 aromatic heterocycles. The second-order valence-corrected chi connectivity index (χ2v) is 8.74. The van der Waals surface area contributed by atoms with Crippen LogP contribution in [-0.4, -0.2) is 23.9 Å². The largest absolute Gasteiger partial charge is 0.457 e. The molecule has 7 heteroatoms. The lowest BCUT2D eigenvalue weighted by atomic mass is 9.96. The zero-order valence-corrected chi connectivity index (χ0v) is 20.3. The van der Waals surface area contributed by atoms with Crippen LogP contribution >= 0.6 is 0 Å². The van der Waals surface area contributed by atoms with E-state index < -0.39 is 23.9 Å². The van der Waals surface area contributed by atoms with Crippen molar-refractivity contribution >= 4 is 46.2 Å². The van der Waals surface area contributed by atoms with Gasteiger partial charge in [-0.3, -0.25) is 0 Å². The third-order valence-electron chi connectivity index (χ3n) is 6.33. The molecular formula is C32H18O7. The van der Waals surface area contributed by atoms with E-state index in [4.69, 9.17) is 14.2 Å². The molecule has 2 aliphatic heterocycles. The standard InChI is InChI=1S/C32H18O7/c33-29-25(19-7-3-1-4-8-19)27(31(35)38-29)21-11-15-23(16-12-21)37-24-17-13-22(14-18-24)28-26(30(34)39-32(28)36)20-9-5-2-6-10-20/h1-18H. The average Bonchev–Trinajstić information content (AvgIpc) is 3.43. The van der Waals surface area contributed by atoms with Gasteiger partial charge in [0.1, 0.15) is 11.5 Å². The van der Waals surface area contributed by atoms with Gasteiger partial charge in [0, 0.05) is 0 Å². The first kappa shape index (κ1) is 23.8. The Kier molecular flexibility index (Phi) is 5.93. The van der Waals surface area contributed by atoms with Crippen LogP contribution in [0.5, 0.6) is 11.5 Å². The number of hydrogen-bond acceptors (Lipinski definition) is 7. The molecule has 6 rings (SSSR count). The predicted molar refractivity (Wildman–Crippen MR) is 142 cm³/mol. The molecule has 0 amide bonds. The molecule has 0 aliphatic carbocycles. The highest BCUT2D eigenvalue weighted by Crippen LogP contribution is 2.36. The van der Waals surface area contributed by atoms with E-state index in [1.807, 2.05) is 12.1 Å². The van der Waals surface area contributed by atoms with E-state index in [2.05, 4.69) is 0 Å². The van der Waals surface area contributed by atoms with E-state index in [1.165, 1.54) is 0 Å². The number of benzene rings is 4. The van der Waals surface area contributed by atoms with Crippen LogP contribution in [0.3, 0.4) is 0 Å². The van der Waals surface area contributed by atoms with Gasteiger partial charge in [0.05, 0.1) is 22.3 Å². The normalized spacial score (nSPS) is 15.1. The third-order valence-corrected chi connectivity index (χ3v) is 6.33. The Morgan fingerprint density at radius 2 is 0.641 bits per heavy atom. The Hall–Kier alpha value is -5.56. The molecule has 0 saturated carbocycles. The summed E-state index contributed by atoms with van der Waals surface area (Å²) in [5.74, 6) is -1.77. The van der Waals surface area contributed by atoms with Crippen LogP contribution < -0.4 is 4.74 Å². The molecule has 7 nitrogen and oxygen atoms in total. The van der Waals surface area contributed by atoms with Gasteiger partial charge in [0.15, 0.2) is 0 Å². The van der Waals surface area contributed by atoms with Crippen LogP contribution in [0.1, 0.15) is 22.3 Å². The number of ether oxygens (including phenoxy) is 3. The molecule has 0 unspecified atom stereocenters. The van der Waals surface area contributed by atoms with Crippen LogP contribution in [0.15, 0.2) is 109 Å². The zero-order chi connectivity index (χ0) is 26.9. The Balaban J connectivity index is 1.26. The van der Waals surface area contributed by atoms with E-state index in [0.29, 0.717) is 33.8 Å². The Morgan fingerprint density at radius 1 is 0.359 bits per heavy atom. The molecule has 0 spiro atoms. The summed E-state index contributed by atoms with van der Waals surface area (Å²) in [6, 6.07) is 31.2. The van der Waals surface area contributed by atoms with Gasteiger partial charge in [-0.05, 0) is 46.5 Å². The van der Waals surface area contributed by atoms with E-state index in [9.17, 15) is 19.2 Å². The van der Waals surface area contributed by atoms with Gasteiger partial charge in [0.25, 0.3) is 0 Å². The van der Waals surface area contributed by atoms with Crippen LogP contribution in [0.2, 0.25) is 0 Å². The molecule has 2 heterocycles. The number of carbonyl (C=O) groups is 4. The maximum absolute atomic E-state index is 12.5. The highest BCUT2D eigenvalue weighted by molar-refractivity contribution is 6.45. The van der Waals surface area contributed by atoms with Crippen molar-refractivity contribution in [2.24, 2.45) is 0 Å². The molecule has 39 heavy (non-hydrogen) atoms. The smallest absolute Gasteiger partial charge is 0.347 e. The molecule has 0 saturated heterocycles. The first-order chi connectivity index (χ1) is 19.0. The van der Waals surface area contributed by atoms with Crippen molar-refractivity contribution < 1.29 is 33.4 Å². The first-order valence-corrected chi connectivity index (χ1v) is 12.0. The molecular weight excluding hydrogens is 496 g/mol. The third kappa shape index (κ3) is 4.42. The molecule has 4 aromatic carbocycles. The number of carbonyl (C=O) groups excluding carboxylic acids is 4. The average molecular weight is 514 g/mol. The lowest BCUT2D eigenvalue weighted by molar-refractivity contribution is -0.151. The predicted octanol–water partition coefficient (Wildman–Crippen LogP) is 5.47. The van der Waals surface area contributed by atoms with Crippen molar-refractivity contribution in [2.75, 3.05) is 0 Å². The fraction of sp³-hybridized carbons (Fsp3) is 0. The van der Waals surface area contributed by atoms with Crippen molar-refractivity contribution in [2.45, 2.75) is 0 Å². The lowest BCUT2D eigenvalue weighted by Gasteiger charge is -2.09. The molecule has 0 radical (unpaired) electrons. The van der Waals surface area contributed by atoms with E-state index in [1.54, 1.807) is 97.1 Å². The van der Waals surface area contributed by atoms with Gasteiger partial charge in [-0.1, -0.05) is 84.9 Å². The summed E-state index contributed by atoms with van der Waals surface area (Å²) in [6.45, 7) is 0. The Labute approximate surface area is 222 Å². The molecule has 0 atom stereocenters. The highest BCUT2D eigenvalue weighted by Gasteiger charge is 2.36. The number of rotatable bonds is 6. The van der Waals surface area contributed by atoms with Gasteiger partial charge in [-0.15, -0.1) is 0 Å². The van der Waals surface area contributed by atoms with Crippen molar-refractivity contribution in [3.05, 3.63) is 131 Å². The van der Waals surface area contributed by atoms with Crippen LogP contribution in [0.25, 0.3) is 22.3 Å². The van der Waals surface area contributed by atoms with Crippen molar-refractivity contribution in [3.63, 3.8) is 0 Å². The summed E-state index contributed by atoms with van der Waals surface area (Å²) in [4.78, 5) is 49.6. The van der Waals surface area contributed by atoms with Crippen molar-refractivity contribution in [1.29, 1.82) is 0 Å². The quantitative estimate of drug-likeness (QED) is 0.249. The van der Waals surface area contributed by atoms with Crippen LogP contribution in [-0.2, 0) is 28.7 Å². The molecule has 0 fully saturated rings. The topological polar surface area (TPSA) is 96.0 Å². The van der Waals surface area contributed by atoms with Crippen molar-refractivity contribution in [1.82, 2.24) is 0 Å². The Morgan fingerprint density at radius 3 is 0.949 bits per heavy atom.